The molecule has 0 saturated heterocycles. The molecule has 0 aliphatic rings. The molecule has 4 aromatic heterocycles. The zero-order valence-electron chi connectivity index (χ0n) is 26.5. The monoisotopic (exact) mass is 644 g/mol. The third kappa shape index (κ3) is 6.43. The largest absolute Gasteiger partial charge is 0.457 e. The number of hydrogen-bond donors (Lipinski definition) is 0. The first-order valence-electron chi connectivity index (χ1n) is 15.5. The smallest absolute Gasteiger partial charge is 0.237 e. The quantitative estimate of drug-likeness (QED) is 0.152. The van der Waals surface area contributed by atoms with Crippen LogP contribution < -0.4 is 18.9 Å². The van der Waals surface area contributed by atoms with Crippen LogP contribution >= 0.6 is 0 Å². The molecule has 0 aliphatic carbocycles. The van der Waals surface area contributed by atoms with Crippen molar-refractivity contribution in [2.24, 2.45) is 0 Å². The van der Waals surface area contributed by atoms with Crippen molar-refractivity contribution in [3.05, 3.63) is 145 Å². The fourth-order valence-electron chi connectivity index (χ4n) is 5.66. The average Bonchev–Trinajstić information content (AvgIpc) is 3.42. The maximum Gasteiger partial charge on any atom is 0.237 e. The summed E-state index contributed by atoms with van der Waals surface area (Å²) in [4.78, 5) is 21.5. The van der Waals surface area contributed by atoms with Crippen LogP contribution in [0.15, 0.2) is 134 Å². The molecule has 0 spiro atoms. The van der Waals surface area contributed by atoms with E-state index in [1.54, 1.807) is 12.4 Å². The molecular weight excluding hydrogens is 616 g/mol. The second-order valence-corrected chi connectivity index (χ2v) is 11.3. The van der Waals surface area contributed by atoms with Gasteiger partial charge in [0.15, 0.2) is 0 Å². The second-order valence-electron chi connectivity index (χ2n) is 11.3. The predicted molar refractivity (Wildman–Crippen MR) is 185 cm³/mol. The van der Waals surface area contributed by atoms with Crippen LogP contribution in [0, 0.1) is 13.8 Å². The summed E-state index contributed by atoms with van der Waals surface area (Å²) in [6.45, 7) is 3.98. The lowest BCUT2D eigenvalue weighted by Gasteiger charge is -2.11. The van der Waals surface area contributed by atoms with E-state index in [0.717, 1.165) is 32.9 Å². The molecule has 4 heterocycles. The van der Waals surface area contributed by atoms with Crippen molar-refractivity contribution in [3.63, 3.8) is 0 Å². The van der Waals surface area contributed by atoms with E-state index in [-0.39, 0.29) is 0 Å². The van der Waals surface area contributed by atoms with E-state index in [0.29, 0.717) is 52.2 Å². The van der Waals surface area contributed by atoms with Crippen molar-refractivity contribution in [2.45, 2.75) is 13.8 Å². The van der Waals surface area contributed by atoms with Crippen LogP contribution in [0.3, 0.4) is 0 Å². The molecule has 0 N–H and O–H groups in total. The highest BCUT2D eigenvalue weighted by Crippen LogP contribution is 2.38. The molecule has 0 aliphatic heterocycles. The van der Waals surface area contributed by atoms with Crippen LogP contribution in [0.2, 0.25) is 0 Å². The van der Waals surface area contributed by atoms with E-state index < -0.39 is 0 Å². The Bertz CT molecular complexity index is 2270. The van der Waals surface area contributed by atoms with Crippen molar-refractivity contribution in [1.29, 1.82) is 0 Å². The third-order valence-electron chi connectivity index (χ3n) is 7.63. The third-order valence-corrected chi connectivity index (χ3v) is 7.63. The zero-order valence-corrected chi connectivity index (χ0v) is 26.5. The summed E-state index contributed by atoms with van der Waals surface area (Å²) in [7, 11) is 0. The molecule has 49 heavy (non-hydrogen) atoms. The van der Waals surface area contributed by atoms with Gasteiger partial charge in [-0.2, -0.15) is 0 Å². The minimum Gasteiger partial charge on any atom is -0.457 e. The van der Waals surface area contributed by atoms with Crippen LogP contribution in [-0.4, -0.2) is 29.5 Å². The number of pyridine rings is 2. The lowest BCUT2D eigenvalue weighted by atomic mass is 10.1. The van der Waals surface area contributed by atoms with Gasteiger partial charge in [0.2, 0.25) is 17.7 Å². The normalized spacial score (nSPS) is 11.1. The Morgan fingerprint density at radius 1 is 0.449 bits per heavy atom. The first-order valence-corrected chi connectivity index (χ1v) is 15.5. The number of rotatable bonds is 9. The van der Waals surface area contributed by atoms with Gasteiger partial charge >= 0.3 is 0 Å². The molecule has 4 aromatic carbocycles. The number of fused-ring (bicyclic) bond motifs is 3. The molecule has 10 heteroatoms. The van der Waals surface area contributed by atoms with E-state index in [1.165, 1.54) is 12.7 Å². The number of nitrogens with zero attached hydrogens (tertiary/aromatic N) is 6. The van der Waals surface area contributed by atoms with Crippen LogP contribution in [-0.2, 0) is 0 Å². The van der Waals surface area contributed by atoms with Crippen LogP contribution in [0.1, 0.15) is 11.1 Å². The molecule has 0 unspecified atom stereocenters. The lowest BCUT2D eigenvalue weighted by Crippen LogP contribution is -2.01. The summed E-state index contributed by atoms with van der Waals surface area (Å²) in [5.74, 6) is 5.27. The van der Waals surface area contributed by atoms with Gasteiger partial charge in [-0.15, -0.1) is 0 Å². The Labute approximate surface area is 281 Å². The summed E-state index contributed by atoms with van der Waals surface area (Å²) < 4.78 is 26.7. The molecule has 0 bridgehead atoms. The molecule has 10 nitrogen and oxygen atoms in total. The Kier molecular flexibility index (Phi) is 7.71. The lowest BCUT2D eigenvalue weighted by molar-refractivity contribution is 0.448. The molecule has 8 aromatic rings. The van der Waals surface area contributed by atoms with Crippen molar-refractivity contribution < 1.29 is 18.9 Å². The Hall–Kier alpha value is -6.81. The molecule has 0 fully saturated rings. The Morgan fingerprint density at radius 3 is 1.37 bits per heavy atom. The van der Waals surface area contributed by atoms with Gasteiger partial charge < -0.3 is 18.9 Å². The number of benzene rings is 4. The molecule has 0 radical (unpaired) electrons. The number of aryl methyl sites for hydroxylation is 2. The van der Waals surface area contributed by atoms with E-state index >= 15 is 0 Å². The molecular formula is C39H28N6O4. The standard InChI is InChI=1S/C39H28N6O4/c1-25-15-29(19-31(17-25)48-37-7-3-5-13-41-37)46-27-9-11-33-34-12-10-28(22-36(34)45(35(33)21-27)39-43-23-40-24-44-39)47-30-16-26(2)18-32(20-30)49-38-8-4-6-14-42-38/h3-24H,1-2H3. The summed E-state index contributed by atoms with van der Waals surface area (Å²) in [5, 5.41) is 2.00. The fraction of sp³-hybridized carbons (Fsp3) is 0.0513. The SMILES string of the molecule is Cc1cc(Oc2ccc3c4ccc(Oc5cc(C)cc(Oc6ccccn6)c5)cc4n(-c4ncncn4)c3c2)cc(Oc2ccccn2)c1. The number of ether oxygens (including phenoxy) is 4. The highest BCUT2D eigenvalue weighted by atomic mass is 16.5. The van der Waals surface area contributed by atoms with Crippen molar-refractivity contribution in [3.8, 4) is 52.2 Å². The van der Waals surface area contributed by atoms with Crippen LogP contribution in [0.5, 0.6) is 46.3 Å². The zero-order chi connectivity index (χ0) is 33.2. The van der Waals surface area contributed by atoms with Gasteiger partial charge in [0, 0.05) is 59.6 Å². The predicted octanol–water partition coefficient (Wildman–Crippen LogP) is 9.54. The number of hydrogen-bond acceptors (Lipinski definition) is 9. The minimum absolute atomic E-state index is 0.465. The van der Waals surface area contributed by atoms with E-state index in [2.05, 4.69) is 24.9 Å². The van der Waals surface area contributed by atoms with Crippen LogP contribution in [0.25, 0.3) is 27.8 Å². The van der Waals surface area contributed by atoms with Gasteiger partial charge in [0.1, 0.15) is 47.2 Å². The summed E-state index contributed by atoms with van der Waals surface area (Å²) in [5.41, 5.74) is 3.69. The average molecular weight is 645 g/mol. The fourth-order valence-corrected chi connectivity index (χ4v) is 5.66. The summed E-state index contributed by atoms with van der Waals surface area (Å²) in [6, 6.07) is 34.5. The molecule has 0 atom stereocenters. The first-order chi connectivity index (χ1) is 24.0. The molecule has 0 saturated carbocycles. The molecule has 0 amide bonds. The highest BCUT2D eigenvalue weighted by Gasteiger charge is 2.17. The van der Waals surface area contributed by atoms with Gasteiger partial charge in [0.25, 0.3) is 0 Å². The van der Waals surface area contributed by atoms with Crippen LogP contribution in [0.4, 0.5) is 0 Å². The van der Waals surface area contributed by atoms with Gasteiger partial charge in [-0.05, 0) is 85.6 Å². The number of aromatic nitrogens is 6. The summed E-state index contributed by atoms with van der Waals surface area (Å²) >= 11 is 0. The summed E-state index contributed by atoms with van der Waals surface area (Å²) in [6.07, 6.45) is 6.34. The van der Waals surface area contributed by atoms with Gasteiger partial charge in [0.05, 0.1) is 11.0 Å². The maximum atomic E-state index is 6.39. The molecule has 238 valence electrons. The van der Waals surface area contributed by atoms with E-state index in [4.69, 9.17) is 18.9 Å². The van der Waals surface area contributed by atoms with Crippen molar-refractivity contribution in [1.82, 2.24) is 29.5 Å². The van der Waals surface area contributed by atoms with E-state index in [1.807, 2.05) is 128 Å². The second kappa shape index (κ2) is 12.8. The van der Waals surface area contributed by atoms with Crippen molar-refractivity contribution in [2.75, 3.05) is 0 Å². The first kappa shape index (κ1) is 29.6. The topological polar surface area (TPSA) is 106 Å². The van der Waals surface area contributed by atoms with E-state index in [9.17, 15) is 0 Å². The molecule has 8 rings (SSSR count). The minimum atomic E-state index is 0.465. The highest BCUT2D eigenvalue weighted by molar-refractivity contribution is 6.09. The van der Waals surface area contributed by atoms with Gasteiger partial charge in [-0.1, -0.05) is 12.1 Å². The van der Waals surface area contributed by atoms with Crippen molar-refractivity contribution >= 4 is 21.8 Å². The Balaban J connectivity index is 1.15. The van der Waals surface area contributed by atoms with Gasteiger partial charge in [-0.25, -0.2) is 24.9 Å². The van der Waals surface area contributed by atoms with Gasteiger partial charge in [-0.3, -0.25) is 4.57 Å². The Morgan fingerprint density at radius 2 is 0.918 bits per heavy atom. The maximum absolute atomic E-state index is 6.39.